The summed E-state index contributed by atoms with van der Waals surface area (Å²) >= 11 is 1.60. The molecule has 2 fully saturated rings. The summed E-state index contributed by atoms with van der Waals surface area (Å²) in [6.45, 7) is 0. The van der Waals surface area contributed by atoms with E-state index in [0.29, 0.717) is 12.2 Å². The maximum Gasteiger partial charge on any atom is 0.330 e. The van der Waals surface area contributed by atoms with E-state index in [-0.39, 0.29) is 17.2 Å². The number of benzene rings is 1. The number of carbonyl (C=O) groups is 2. The fourth-order valence-corrected chi connectivity index (χ4v) is 5.47. The molecular weight excluding hydrogens is 298 g/mol. The van der Waals surface area contributed by atoms with Gasteiger partial charge < -0.3 is 10.4 Å². The summed E-state index contributed by atoms with van der Waals surface area (Å²) in [5.74, 6) is 0.252. The summed E-state index contributed by atoms with van der Waals surface area (Å²) in [6, 6.07) is 8.35. The summed E-state index contributed by atoms with van der Waals surface area (Å²) in [7, 11) is 0. The minimum Gasteiger partial charge on any atom is -0.479 e. The third kappa shape index (κ3) is 1.91. The molecule has 2 N–H and O–H groups in total. The Morgan fingerprint density at radius 3 is 2.82 bits per heavy atom. The zero-order valence-corrected chi connectivity index (χ0v) is 13.1. The number of hydrogen-bond donors (Lipinski definition) is 2. The predicted molar refractivity (Wildman–Crippen MR) is 85.0 cm³/mol. The van der Waals surface area contributed by atoms with Crippen LogP contribution in [0.25, 0.3) is 0 Å². The van der Waals surface area contributed by atoms with Crippen molar-refractivity contribution in [3.63, 3.8) is 0 Å². The van der Waals surface area contributed by atoms with Crippen LogP contribution < -0.4 is 5.32 Å². The highest BCUT2D eigenvalue weighted by atomic mass is 32.2. The number of fused-ring (bicyclic) bond motifs is 2. The van der Waals surface area contributed by atoms with Gasteiger partial charge in [-0.15, -0.1) is 0 Å². The molecule has 2 aliphatic carbocycles. The Kier molecular flexibility index (Phi) is 3.05. The molecule has 22 heavy (non-hydrogen) atoms. The van der Waals surface area contributed by atoms with Crippen molar-refractivity contribution in [1.82, 2.24) is 5.32 Å². The van der Waals surface area contributed by atoms with Crippen LogP contribution in [-0.4, -0.2) is 34.0 Å². The van der Waals surface area contributed by atoms with Crippen molar-refractivity contribution >= 4 is 23.6 Å². The van der Waals surface area contributed by atoms with E-state index in [1.165, 1.54) is 11.1 Å². The molecule has 3 unspecified atom stereocenters. The van der Waals surface area contributed by atoms with E-state index in [0.717, 1.165) is 25.0 Å². The molecule has 1 saturated heterocycles. The van der Waals surface area contributed by atoms with Crippen LogP contribution in [0.15, 0.2) is 24.3 Å². The fraction of sp³-hybridized carbons (Fsp3) is 0.529. The molecule has 1 aromatic carbocycles. The molecule has 0 radical (unpaired) electrons. The summed E-state index contributed by atoms with van der Waals surface area (Å²) in [6.07, 6.45) is 3.42. The van der Waals surface area contributed by atoms with Gasteiger partial charge in [0.1, 0.15) is 5.54 Å². The summed E-state index contributed by atoms with van der Waals surface area (Å²) < 4.78 is 0. The van der Waals surface area contributed by atoms with Crippen molar-refractivity contribution in [2.45, 2.75) is 36.6 Å². The summed E-state index contributed by atoms with van der Waals surface area (Å²) in [5, 5.41) is 12.4. The third-order valence-corrected chi connectivity index (χ3v) is 6.77. The van der Waals surface area contributed by atoms with Gasteiger partial charge in [0.25, 0.3) is 0 Å². The van der Waals surface area contributed by atoms with Crippen LogP contribution in [0.3, 0.4) is 0 Å². The number of thioether (sulfide) groups is 1. The Labute approximate surface area is 133 Å². The van der Waals surface area contributed by atoms with Crippen LogP contribution in [0.2, 0.25) is 0 Å². The molecule has 116 valence electrons. The second-order valence-corrected chi connectivity index (χ2v) is 7.85. The minimum atomic E-state index is -1.05. The van der Waals surface area contributed by atoms with Gasteiger partial charge in [0.2, 0.25) is 5.91 Å². The molecule has 4 rings (SSSR count). The Morgan fingerprint density at radius 1 is 1.27 bits per heavy atom. The first-order chi connectivity index (χ1) is 10.6. The number of carboxylic acids is 1. The first kappa shape index (κ1) is 14.1. The molecule has 0 bridgehead atoms. The van der Waals surface area contributed by atoms with E-state index >= 15 is 0 Å². The Balaban J connectivity index is 1.53. The maximum atomic E-state index is 12.7. The zero-order chi connectivity index (χ0) is 15.4. The van der Waals surface area contributed by atoms with E-state index in [2.05, 4.69) is 17.4 Å². The molecule has 1 heterocycles. The van der Waals surface area contributed by atoms with E-state index in [9.17, 15) is 14.7 Å². The first-order valence-corrected chi connectivity index (χ1v) is 8.94. The maximum absolute atomic E-state index is 12.7. The largest absolute Gasteiger partial charge is 0.479 e. The monoisotopic (exact) mass is 317 g/mol. The molecule has 1 aliphatic heterocycles. The standard InChI is InChI=1S/C17H19NO3S/c19-14(18-17(15(20)21)7-8-22-10-17)13-9-16(13)6-5-11-3-1-2-4-12(11)16/h1-4,13H,5-10H2,(H,18,19)(H,20,21). The molecule has 1 aromatic rings. The fourth-order valence-electron chi connectivity index (χ4n) is 4.15. The van der Waals surface area contributed by atoms with Gasteiger partial charge in [-0.05, 0) is 42.6 Å². The number of amides is 1. The lowest BCUT2D eigenvalue weighted by Gasteiger charge is -2.25. The molecule has 1 saturated carbocycles. The number of carboxylic acid groups (broad SMARTS) is 1. The number of rotatable bonds is 3. The van der Waals surface area contributed by atoms with Gasteiger partial charge in [-0.25, -0.2) is 4.79 Å². The van der Waals surface area contributed by atoms with E-state index in [1.54, 1.807) is 11.8 Å². The Morgan fingerprint density at radius 2 is 2.09 bits per heavy atom. The summed E-state index contributed by atoms with van der Waals surface area (Å²) in [5.41, 5.74) is 1.58. The van der Waals surface area contributed by atoms with Gasteiger partial charge >= 0.3 is 5.97 Å². The highest BCUT2D eigenvalue weighted by Crippen LogP contribution is 2.61. The van der Waals surface area contributed by atoms with Crippen LogP contribution in [0, 0.1) is 5.92 Å². The Hall–Kier alpha value is -1.49. The lowest BCUT2D eigenvalue weighted by atomic mass is 9.94. The molecule has 3 aliphatic rings. The molecule has 5 heteroatoms. The Bertz CT molecular complexity index is 653. The van der Waals surface area contributed by atoms with Crippen LogP contribution in [0.4, 0.5) is 0 Å². The molecule has 3 atom stereocenters. The van der Waals surface area contributed by atoms with Gasteiger partial charge in [-0.1, -0.05) is 24.3 Å². The van der Waals surface area contributed by atoms with Crippen molar-refractivity contribution in [2.24, 2.45) is 5.92 Å². The van der Waals surface area contributed by atoms with Crippen molar-refractivity contribution in [3.8, 4) is 0 Å². The lowest BCUT2D eigenvalue weighted by molar-refractivity contribution is -0.146. The summed E-state index contributed by atoms with van der Waals surface area (Å²) in [4.78, 5) is 24.2. The number of aliphatic carboxylic acids is 1. The minimum absolute atomic E-state index is 0.0217. The topological polar surface area (TPSA) is 66.4 Å². The predicted octanol–water partition coefficient (Wildman–Crippen LogP) is 1.97. The molecule has 1 spiro atoms. The first-order valence-electron chi connectivity index (χ1n) is 7.79. The quantitative estimate of drug-likeness (QED) is 0.894. The van der Waals surface area contributed by atoms with E-state index < -0.39 is 11.5 Å². The lowest BCUT2D eigenvalue weighted by Crippen LogP contribution is -2.55. The number of hydrogen-bond acceptors (Lipinski definition) is 3. The van der Waals surface area contributed by atoms with Gasteiger partial charge in [-0.3, -0.25) is 4.79 Å². The highest BCUT2D eigenvalue weighted by Gasteiger charge is 2.62. The van der Waals surface area contributed by atoms with Crippen LogP contribution >= 0.6 is 11.8 Å². The van der Waals surface area contributed by atoms with Crippen molar-refractivity contribution in [2.75, 3.05) is 11.5 Å². The van der Waals surface area contributed by atoms with Gasteiger partial charge in [0.15, 0.2) is 0 Å². The highest BCUT2D eigenvalue weighted by molar-refractivity contribution is 7.99. The van der Waals surface area contributed by atoms with Gasteiger partial charge in [-0.2, -0.15) is 11.8 Å². The second-order valence-electron chi connectivity index (χ2n) is 6.75. The normalized spacial score (nSPS) is 35.4. The average Bonchev–Trinajstić information content (AvgIpc) is 2.86. The number of aryl methyl sites for hydroxylation is 1. The zero-order valence-electron chi connectivity index (χ0n) is 12.3. The smallest absolute Gasteiger partial charge is 0.330 e. The number of carbonyl (C=O) groups excluding carboxylic acids is 1. The van der Waals surface area contributed by atoms with Gasteiger partial charge in [0.05, 0.1) is 0 Å². The SMILES string of the molecule is O=C(NC1(C(=O)O)CCSC1)C1CC12CCc1ccccc12. The van der Waals surface area contributed by atoms with E-state index in [4.69, 9.17) is 0 Å². The van der Waals surface area contributed by atoms with Crippen molar-refractivity contribution in [3.05, 3.63) is 35.4 Å². The molecular formula is C17H19NO3S. The third-order valence-electron chi connectivity index (χ3n) is 5.58. The molecule has 4 nitrogen and oxygen atoms in total. The van der Waals surface area contributed by atoms with Crippen LogP contribution in [0.1, 0.15) is 30.4 Å². The van der Waals surface area contributed by atoms with Gasteiger partial charge in [0, 0.05) is 17.1 Å². The number of nitrogens with one attached hydrogen (secondary N) is 1. The molecule has 0 aromatic heterocycles. The average molecular weight is 317 g/mol. The van der Waals surface area contributed by atoms with E-state index in [1.807, 2.05) is 12.1 Å². The van der Waals surface area contributed by atoms with Crippen molar-refractivity contribution < 1.29 is 14.7 Å². The molecule has 1 amide bonds. The van der Waals surface area contributed by atoms with Crippen molar-refractivity contribution in [1.29, 1.82) is 0 Å². The second kappa shape index (κ2) is 4.75. The van der Waals surface area contributed by atoms with Crippen LogP contribution in [0.5, 0.6) is 0 Å². The van der Waals surface area contributed by atoms with Crippen LogP contribution in [-0.2, 0) is 21.4 Å².